The molecule has 0 amide bonds. The largest absolute Gasteiger partial charge is 0.456 e. The van der Waals surface area contributed by atoms with Crippen LogP contribution in [0.2, 0.25) is 0 Å². The number of hydrogen-bond acceptors (Lipinski definition) is 12. The highest BCUT2D eigenvalue weighted by molar-refractivity contribution is 6.25. The fourth-order valence-corrected chi connectivity index (χ4v) is 20.5. The van der Waals surface area contributed by atoms with Gasteiger partial charge >= 0.3 is 0 Å². The van der Waals surface area contributed by atoms with E-state index in [-0.39, 0.29) is 0 Å². The zero-order valence-electron chi connectivity index (χ0n) is 73.4. The van der Waals surface area contributed by atoms with Crippen LogP contribution >= 0.6 is 0 Å². The molecule has 137 heavy (non-hydrogen) atoms. The summed E-state index contributed by atoms with van der Waals surface area (Å²) in [5, 5.41) is 31.9. The van der Waals surface area contributed by atoms with E-state index >= 15 is 0 Å². The van der Waals surface area contributed by atoms with Crippen LogP contribution in [0.1, 0.15) is 0 Å². The summed E-state index contributed by atoms with van der Waals surface area (Å²) in [6.07, 6.45) is 0. The Morgan fingerprint density at radius 3 is 0.818 bits per heavy atom. The van der Waals surface area contributed by atoms with Crippen LogP contribution < -0.4 is 0 Å². The summed E-state index contributed by atoms with van der Waals surface area (Å²) in [7, 11) is 0. The van der Waals surface area contributed by atoms with E-state index in [0.717, 1.165) is 148 Å². The Balaban J connectivity index is 0.000000104. The van der Waals surface area contributed by atoms with E-state index in [1.807, 2.05) is 121 Å². The summed E-state index contributed by atoms with van der Waals surface area (Å²) < 4.78 is 18.8. The lowest BCUT2D eigenvalue weighted by atomic mass is 9.92. The molecule has 0 spiro atoms. The molecule has 636 valence electrons. The van der Waals surface area contributed by atoms with Crippen LogP contribution in [0, 0.1) is 0 Å². The minimum absolute atomic E-state index is 0.608. The van der Waals surface area contributed by atoms with Gasteiger partial charge in [0.15, 0.2) is 52.4 Å². The second-order valence-corrected chi connectivity index (χ2v) is 34.8. The molecule has 0 atom stereocenters. The minimum atomic E-state index is 0.608. The topological polar surface area (TPSA) is 155 Å². The summed E-state index contributed by atoms with van der Waals surface area (Å²) in [5.74, 6) is 5.62. The molecule has 29 aromatic rings. The first kappa shape index (κ1) is 78.2. The highest BCUT2D eigenvalue weighted by Gasteiger charge is 2.26. The van der Waals surface area contributed by atoms with E-state index < -0.39 is 0 Å². The lowest BCUT2D eigenvalue weighted by Crippen LogP contribution is -2.01. The van der Waals surface area contributed by atoms with Crippen LogP contribution in [0.3, 0.4) is 0 Å². The van der Waals surface area contributed by atoms with E-state index in [1.54, 1.807) is 0 Å². The molecule has 23 aromatic carbocycles. The quantitative estimate of drug-likeness (QED) is 0.126. The van der Waals surface area contributed by atoms with E-state index in [4.69, 9.17) is 58.1 Å². The summed E-state index contributed by atoms with van der Waals surface area (Å²) >= 11 is 0. The Bertz CT molecular complexity index is 10000. The highest BCUT2D eigenvalue weighted by atomic mass is 16.3. The van der Waals surface area contributed by atoms with Gasteiger partial charge in [-0.3, -0.25) is 0 Å². The molecule has 0 aliphatic carbocycles. The third-order valence-electron chi connectivity index (χ3n) is 26.9. The summed E-state index contributed by atoms with van der Waals surface area (Å²) in [5.41, 5.74) is 13.4. The molecule has 0 saturated carbocycles. The summed E-state index contributed by atoms with van der Waals surface area (Å²) in [6, 6.07) is 154. The van der Waals surface area contributed by atoms with Gasteiger partial charge in [-0.05, 0) is 180 Å². The van der Waals surface area contributed by atoms with Crippen LogP contribution in [-0.2, 0) is 0 Å². The van der Waals surface area contributed by atoms with Gasteiger partial charge in [0.05, 0.1) is 0 Å². The molecule has 0 unspecified atom stereocenters. The summed E-state index contributed by atoms with van der Waals surface area (Å²) in [4.78, 5) is 46.8. The first-order chi connectivity index (χ1) is 67.9. The van der Waals surface area contributed by atoms with Gasteiger partial charge in [-0.25, -0.2) is 44.9 Å². The van der Waals surface area contributed by atoms with Crippen LogP contribution in [-0.4, -0.2) is 44.9 Å². The zero-order chi connectivity index (χ0) is 90.1. The van der Waals surface area contributed by atoms with Crippen molar-refractivity contribution in [1.82, 2.24) is 44.9 Å². The molecular weight excluding hydrogens is 1680 g/mol. The second-order valence-electron chi connectivity index (χ2n) is 34.8. The Kier molecular flexibility index (Phi) is 18.3. The maximum atomic E-state index is 6.28. The van der Waals surface area contributed by atoms with E-state index in [9.17, 15) is 0 Å². The lowest BCUT2D eigenvalue weighted by Gasteiger charge is -2.14. The molecule has 6 heterocycles. The van der Waals surface area contributed by atoms with Crippen LogP contribution in [0.25, 0.3) is 287 Å². The normalized spacial score (nSPS) is 11.8. The molecule has 12 nitrogen and oxygen atoms in total. The number of rotatable bonds is 9. The highest BCUT2D eigenvalue weighted by Crippen LogP contribution is 2.47. The zero-order valence-corrected chi connectivity index (χ0v) is 73.4. The van der Waals surface area contributed by atoms with Crippen LogP contribution in [0.4, 0.5) is 0 Å². The van der Waals surface area contributed by atoms with Gasteiger partial charge in [0.25, 0.3) is 0 Å². The fourth-order valence-electron chi connectivity index (χ4n) is 20.5. The third-order valence-corrected chi connectivity index (χ3v) is 26.9. The molecule has 12 heteroatoms. The van der Waals surface area contributed by atoms with Gasteiger partial charge in [0.2, 0.25) is 0 Å². The molecule has 0 aliphatic rings. The number of fused-ring (bicyclic) bond motifs is 26. The maximum Gasteiger partial charge on any atom is 0.164 e. The van der Waals surface area contributed by atoms with Crippen molar-refractivity contribution in [2.45, 2.75) is 0 Å². The number of nitrogens with zero attached hydrogens (tertiary/aromatic N) is 9. The average molecular weight is 1750 g/mol. The van der Waals surface area contributed by atoms with Crippen molar-refractivity contribution in [3.05, 3.63) is 443 Å². The van der Waals surface area contributed by atoms with Crippen molar-refractivity contribution < 1.29 is 13.3 Å². The number of hydrogen-bond donors (Lipinski definition) is 0. The van der Waals surface area contributed by atoms with Gasteiger partial charge < -0.3 is 13.3 Å². The predicted octanol–water partition coefficient (Wildman–Crippen LogP) is 33.0. The molecular formula is C125H73N9O3. The third kappa shape index (κ3) is 13.4. The molecule has 0 radical (unpaired) electrons. The minimum Gasteiger partial charge on any atom is -0.456 e. The van der Waals surface area contributed by atoms with E-state index in [0.29, 0.717) is 52.4 Å². The number of benzene rings is 23. The Morgan fingerprint density at radius 1 is 0.117 bits per heavy atom. The van der Waals surface area contributed by atoms with Gasteiger partial charge in [0, 0.05) is 87.8 Å². The van der Waals surface area contributed by atoms with Gasteiger partial charge in [-0.2, -0.15) is 0 Å². The SMILES string of the molecule is c1ccc(-c2nc(-c3cc4c5ccccc5ccc4c4ccccc34)nc(-c3cccc4oc5ccccc5c34)n2)cc1.c1ccc2cc(-c3nc(-c4cc5c6ccccc6ccc5c5ccccc45)nc(-c4cccc5oc6ccccc6c45)n3)ccc2c1.c1ccc2cc(-c3nc(-c4cccc5oc6ccccc6c45)nc(-c4cc5ccccc5c5ccc6ccccc6c45)n3)ccc2c1. The van der Waals surface area contributed by atoms with Gasteiger partial charge in [0.1, 0.15) is 33.5 Å². The van der Waals surface area contributed by atoms with Crippen molar-refractivity contribution in [3.63, 3.8) is 0 Å². The Morgan fingerprint density at radius 2 is 0.394 bits per heavy atom. The first-order valence-electron chi connectivity index (χ1n) is 45.9. The Labute approximate surface area is 782 Å². The smallest absolute Gasteiger partial charge is 0.164 e. The predicted molar refractivity (Wildman–Crippen MR) is 563 cm³/mol. The molecule has 29 rings (SSSR count). The average Bonchev–Trinajstić information content (AvgIpc) is 1.56. The fraction of sp³-hybridized carbons (Fsp3) is 0. The number of aromatic nitrogens is 9. The number of furan rings is 3. The molecule has 0 fully saturated rings. The van der Waals surface area contributed by atoms with E-state index in [1.165, 1.54) is 86.2 Å². The first-order valence-corrected chi connectivity index (χ1v) is 45.9. The van der Waals surface area contributed by atoms with Crippen molar-refractivity contribution in [2.75, 3.05) is 0 Å². The van der Waals surface area contributed by atoms with Gasteiger partial charge in [-0.1, -0.05) is 376 Å². The molecule has 0 N–H and O–H groups in total. The Hall–Kier alpha value is -18.7. The van der Waals surface area contributed by atoms with Crippen molar-refractivity contribution in [1.29, 1.82) is 0 Å². The van der Waals surface area contributed by atoms with E-state index in [2.05, 4.69) is 322 Å². The second kappa shape index (κ2) is 32.1. The standard InChI is InChI=1S/2C43H25N3O.C39H23N3O/c1-2-12-28-24-30(21-20-26(28)10-1)41-44-42(35-17-9-19-38-40(35)34-16-7-8-18-37(34)47-38)46-43(45-41)36-25-29-13-4-5-14-31(29)33-23-22-27-11-3-6-15-32(27)39(33)36;1-2-12-28-24-29(21-20-26(28)10-1)41-44-42(35-17-9-19-39-40(35)34-16-7-8-18-38(34)47-39)46-43(45-41)37-25-36-30-13-4-3-11-27(30)22-23-33(36)31-14-5-6-15-32(31)37;1-2-12-25(13-3-1)37-40-38(31-18-10-20-35-36(31)30-17-8-9-19-34(30)43-35)42-39(41-37)33-23-32-26-14-5-4-11-24(26)21-22-29(32)27-15-6-7-16-28(27)33/h2*1-25H;1-23H. The van der Waals surface area contributed by atoms with Crippen molar-refractivity contribution >= 4 is 184 Å². The lowest BCUT2D eigenvalue weighted by molar-refractivity contribution is 0.668. The number of para-hydroxylation sites is 3. The summed E-state index contributed by atoms with van der Waals surface area (Å²) in [6.45, 7) is 0. The van der Waals surface area contributed by atoms with Gasteiger partial charge in [-0.15, -0.1) is 0 Å². The van der Waals surface area contributed by atoms with Crippen molar-refractivity contribution in [2.24, 2.45) is 0 Å². The molecule has 6 aromatic heterocycles. The molecule has 0 saturated heterocycles. The molecule has 0 bridgehead atoms. The maximum absolute atomic E-state index is 6.28. The molecule has 0 aliphatic heterocycles. The van der Waals surface area contributed by atoms with Crippen LogP contribution in [0.15, 0.2) is 456 Å². The monoisotopic (exact) mass is 1750 g/mol. The van der Waals surface area contributed by atoms with Crippen molar-refractivity contribution in [3.8, 4) is 102 Å². The van der Waals surface area contributed by atoms with Crippen LogP contribution in [0.5, 0.6) is 0 Å².